The first-order chi connectivity index (χ1) is 5.54. The lowest BCUT2D eigenvalue weighted by Gasteiger charge is -2.07. The fraction of sp³-hybridized carbons (Fsp3) is 0.667. The van der Waals surface area contributed by atoms with Gasteiger partial charge in [0.05, 0.1) is 0 Å². The molecular formula is C9H19N3. The molecule has 0 aliphatic carbocycles. The lowest BCUT2D eigenvalue weighted by Crippen LogP contribution is -2.13. The number of hydrogen-bond donors (Lipinski definition) is 2. The lowest BCUT2D eigenvalue weighted by atomic mass is 10.2. The summed E-state index contributed by atoms with van der Waals surface area (Å²) >= 11 is 0. The Kier molecular flexibility index (Phi) is 5.37. The Morgan fingerprint density at radius 2 is 2.08 bits per heavy atom. The molecule has 0 saturated heterocycles. The average molecular weight is 169 g/mol. The van der Waals surface area contributed by atoms with Gasteiger partial charge >= 0.3 is 0 Å². The largest absolute Gasteiger partial charge is 0.384 e. The normalized spacial score (nSPS) is 12.2. The molecule has 0 bridgehead atoms. The standard InChI is InChI=1S/C9H19N3/c1-8(9(10)11)6-4-5-7-12(2)3/h6H,4-5,7H2,1-3H3,(H3,10,11). The van der Waals surface area contributed by atoms with Crippen molar-refractivity contribution >= 4 is 5.84 Å². The quantitative estimate of drug-likeness (QED) is 0.369. The van der Waals surface area contributed by atoms with Crippen LogP contribution < -0.4 is 5.73 Å². The molecule has 3 heteroatoms. The van der Waals surface area contributed by atoms with Gasteiger partial charge in [-0.05, 0) is 46.0 Å². The zero-order valence-corrected chi connectivity index (χ0v) is 8.22. The van der Waals surface area contributed by atoms with Crippen molar-refractivity contribution in [1.82, 2.24) is 4.90 Å². The Hall–Kier alpha value is -0.830. The minimum absolute atomic E-state index is 0.180. The maximum atomic E-state index is 7.12. The van der Waals surface area contributed by atoms with Gasteiger partial charge in [-0.3, -0.25) is 5.41 Å². The molecule has 0 radical (unpaired) electrons. The van der Waals surface area contributed by atoms with Crippen LogP contribution >= 0.6 is 0 Å². The van der Waals surface area contributed by atoms with Crippen LogP contribution in [-0.2, 0) is 0 Å². The smallest absolute Gasteiger partial charge is 0.117 e. The highest BCUT2D eigenvalue weighted by atomic mass is 15.0. The highest BCUT2D eigenvalue weighted by molar-refractivity contribution is 5.93. The van der Waals surface area contributed by atoms with E-state index in [2.05, 4.69) is 19.0 Å². The van der Waals surface area contributed by atoms with E-state index in [4.69, 9.17) is 11.1 Å². The number of amidine groups is 1. The van der Waals surface area contributed by atoms with Crippen molar-refractivity contribution in [3.63, 3.8) is 0 Å². The van der Waals surface area contributed by atoms with Gasteiger partial charge in [-0.25, -0.2) is 0 Å². The summed E-state index contributed by atoms with van der Waals surface area (Å²) in [7, 11) is 4.11. The predicted octanol–water partition coefficient (Wildman–Crippen LogP) is 1.21. The SMILES string of the molecule is CC(=CCCCN(C)C)C(=N)N. The van der Waals surface area contributed by atoms with Gasteiger partial charge in [0.25, 0.3) is 0 Å². The van der Waals surface area contributed by atoms with Crippen LogP contribution in [0, 0.1) is 5.41 Å². The number of nitrogens with two attached hydrogens (primary N) is 1. The van der Waals surface area contributed by atoms with Gasteiger partial charge in [-0.2, -0.15) is 0 Å². The topological polar surface area (TPSA) is 53.1 Å². The van der Waals surface area contributed by atoms with Crippen LogP contribution in [0.25, 0.3) is 0 Å². The fourth-order valence-corrected chi connectivity index (χ4v) is 0.836. The van der Waals surface area contributed by atoms with Crippen molar-refractivity contribution < 1.29 is 0 Å². The molecule has 0 rings (SSSR count). The molecule has 0 aliphatic rings. The van der Waals surface area contributed by atoms with Crippen molar-refractivity contribution in [2.75, 3.05) is 20.6 Å². The summed E-state index contributed by atoms with van der Waals surface area (Å²) in [5.41, 5.74) is 6.17. The molecule has 0 unspecified atom stereocenters. The molecular weight excluding hydrogens is 150 g/mol. The van der Waals surface area contributed by atoms with Crippen molar-refractivity contribution in [2.45, 2.75) is 19.8 Å². The molecule has 3 N–H and O–H groups in total. The van der Waals surface area contributed by atoms with Crippen LogP contribution in [0.2, 0.25) is 0 Å². The lowest BCUT2D eigenvalue weighted by molar-refractivity contribution is 0.402. The van der Waals surface area contributed by atoms with Crippen LogP contribution in [0.4, 0.5) is 0 Å². The molecule has 0 saturated carbocycles. The first kappa shape index (κ1) is 11.2. The summed E-state index contributed by atoms with van der Waals surface area (Å²) in [5.74, 6) is 0.180. The van der Waals surface area contributed by atoms with Crippen molar-refractivity contribution in [3.8, 4) is 0 Å². The molecule has 3 nitrogen and oxygen atoms in total. The number of allylic oxidation sites excluding steroid dienone is 1. The maximum Gasteiger partial charge on any atom is 0.117 e. The zero-order valence-electron chi connectivity index (χ0n) is 8.22. The van der Waals surface area contributed by atoms with Crippen LogP contribution in [-0.4, -0.2) is 31.4 Å². The highest BCUT2D eigenvalue weighted by Crippen LogP contribution is 1.98. The average Bonchev–Trinajstić information content (AvgIpc) is 1.97. The third-order valence-electron chi connectivity index (χ3n) is 1.68. The third kappa shape index (κ3) is 5.92. The molecule has 12 heavy (non-hydrogen) atoms. The second-order valence-corrected chi connectivity index (χ2v) is 3.25. The maximum absolute atomic E-state index is 7.12. The van der Waals surface area contributed by atoms with Crippen molar-refractivity contribution in [3.05, 3.63) is 11.6 Å². The number of hydrogen-bond acceptors (Lipinski definition) is 2. The molecule has 0 fully saturated rings. The molecule has 0 aliphatic heterocycles. The second-order valence-electron chi connectivity index (χ2n) is 3.25. The molecule has 0 heterocycles. The van der Waals surface area contributed by atoms with Crippen molar-refractivity contribution in [2.24, 2.45) is 5.73 Å². The van der Waals surface area contributed by atoms with E-state index in [1.807, 2.05) is 13.0 Å². The first-order valence-electron chi connectivity index (χ1n) is 4.20. The van der Waals surface area contributed by atoms with E-state index in [1.165, 1.54) is 0 Å². The van der Waals surface area contributed by atoms with E-state index in [0.717, 1.165) is 25.0 Å². The van der Waals surface area contributed by atoms with Gasteiger partial charge in [0.1, 0.15) is 5.84 Å². The fourth-order valence-electron chi connectivity index (χ4n) is 0.836. The Balaban J connectivity index is 3.54. The minimum atomic E-state index is 0.180. The number of rotatable bonds is 5. The van der Waals surface area contributed by atoms with E-state index in [-0.39, 0.29) is 5.84 Å². The van der Waals surface area contributed by atoms with Crippen LogP contribution in [0.3, 0.4) is 0 Å². The molecule has 0 aromatic heterocycles. The molecule has 70 valence electrons. The van der Waals surface area contributed by atoms with E-state index in [9.17, 15) is 0 Å². The zero-order chi connectivity index (χ0) is 9.56. The second kappa shape index (κ2) is 5.77. The molecule has 0 aromatic rings. The minimum Gasteiger partial charge on any atom is -0.384 e. The Bertz CT molecular complexity index is 171. The van der Waals surface area contributed by atoms with Crippen LogP contribution in [0.1, 0.15) is 19.8 Å². The van der Waals surface area contributed by atoms with Crippen LogP contribution in [0.15, 0.2) is 11.6 Å². The van der Waals surface area contributed by atoms with Gasteiger partial charge in [-0.1, -0.05) is 6.08 Å². The van der Waals surface area contributed by atoms with E-state index in [1.54, 1.807) is 0 Å². The predicted molar refractivity (Wildman–Crippen MR) is 53.5 cm³/mol. The van der Waals surface area contributed by atoms with Crippen LogP contribution in [0.5, 0.6) is 0 Å². The molecule has 0 amide bonds. The Morgan fingerprint density at radius 3 is 2.50 bits per heavy atom. The molecule has 0 atom stereocenters. The summed E-state index contributed by atoms with van der Waals surface area (Å²) < 4.78 is 0. The van der Waals surface area contributed by atoms with E-state index >= 15 is 0 Å². The Labute approximate surface area is 74.8 Å². The molecule has 0 aromatic carbocycles. The summed E-state index contributed by atoms with van der Waals surface area (Å²) in [4.78, 5) is 2.15. The first-order valence-corrected chi connectivity index (χ1v) is 4.20. The summed E-state index contributed by atoms with van der Waals surface area (Å²) in [5, 5.41) is 7.12. The number of nitrogens with zero attached hydrogens (tertiary/aromatic N) is 1. The van der Waals surface area contributed by atoms with Crippen molar-refractivity contribution in [1.29, 1.82) is 5.41 Å². The summed E-state index contributed by atoms with van der Waals surface area (Å²) in [6.07, 6.45) is 4.15. The van der Waals surface area contributed by atoms with Gasteiger partial charge in [0.2, 0.25) is 0 Å². The third-order valence-corrected chi connectivity index (χ3v) is 1.68. The van der Waals surface area contributed by atoms with Gasteiger partial charge in [-0.15, -0.1) is 0 Å². The van der Waals surface area contributed by atoms with Gasteiger partial charge in [0, 0.05) is 0 Å². The van der Waals surface area contributed by atoms with Gasteiger partial charge < -0.3 is 10.6 Å². The summed E-state index contributed by atoms with van der Waals surface area (Å²) in [6.45, 7) is 2.96. The van der Waals surface area contributed by atoms with Gasteiger partial charge in [0.15, 0.2) is 0 Å². The highest BCUT2D eigenvalue weighted by Gasteiger charge is 1.92. The van der Waals surface area contributed by atoms with E-state index < -0.39 is 0 Å². The van der Waals surface area contributed by atoms with E-state index in [0.29, 0.717) is 0 Å². The number of unbranched alkanes of at least 4 members (excludes halogenated alkanes) is 1. The Morgan fingerprint density at radius 1 is 1.50 bits per heavy atom. The number of nitrogens with one attached hydrogen (secondary N) is 1. The monoisotopic (exact) mass is 169 g/mol. The molecule has 0 spiro atoms. The summed E-state index contributed by atoms with van der Waals surface area (Å²) in [6, 6.07) is 0.